The quantitative estimate of drug-likeness (QED) is 0.792. The van der Waals surface area contributed by atoms with Crippen LogP contribution >= 0.6 is 0 Å². The first kappa shape index (κ1) is 20.8. The molecule has 162 valence electrons. The first-order chi connectivity index (χ1) is 14.5. The second-order valence-electron chi connectivity index (χ2n) is 8.86. The number of hydrogen-bond donors (Lipinski definition) is 2. The molecular formula is C23H33N5O2. The first-order valence-electron chi connectivity index (χ1n) is 11.2. The molecule has 30 heavy (non-hydrogen) atoms. The van der Waals surface area contributed by atoms with Gasteiger partial charge >= 0.3 is 0 Å². The van der Waals surface area contributed by atoms with Crippen molar-refractivity contribution in [2.24, 2.45) is 0 Å². The van der Waals surface area contributed by atoms with E-state index in [0.717, 1.165) is 48.0 Å². The predicted molar refractivity (Wildman–Crippen MR) is 117 cm³/mol. The molecule has 7 heteroatoms. The fourth-order valence-corrected chi connectivity index (χ4v) is 5.07. The van der Waals surface area contributed by atoms with Gasteiger partial charge in [0.05, 0.1) is 11.7 Å². The van der Waals surface area contributed by atoms with Crippen LogP contribution in [0.25, 0.3) is 10.9 Å². The molecule has 0 spiro atoms. The van der Waals surface area contributed by atoms with E-state index < -0.39 is 6.04 Å². The van der Waals surface area contributed by atoms with Crippen LogP contribution in [0.15, 0.2) is 18.3 Å². The van der Waals surface area contributed by atoms with Crippen molar-refractivity contribution in [3.8, 4) is 0 Å². The summed E-state index contributed by atoms with van der Waals surface area (Å²) in [5, 5.41) is 11.0. The number of piperidine rings is 2. The fourth-order valence-electron chi connectivity index (χ4n) is 5.07. The van der Waals surface area contributed by atoms with Crippen molar-refractivity contribution >= 4 is 22.7 Å². The summed E-state index contributed by atoms with van der Waals surface area (Å²) in [6, 6.07) is 4.19. The molecule has 0 saturated carbocycles. The Morgan fingerprint density at radius 1 is 1.17 bits per heavy atom. The van der Waals surface area contributed by atoms with Gasteiger partial charge in [0.25, 0.3) is 0 Å². The molecule has 2 amide bonds. The van der Waals surface area contributed by atoms with E-state index in [1.807, 2.05) is 11.8 Å². The highest BCUT2D eigenvalue weighted by molar-refractivity contribution is 5.88. The Morgan fingerprint density at radius 3 is 2.60 bits per heavy atom. The first-order valence-corrected chi connectivity index (χ1v) is 11.2. The number of nitrogens with one attached hydrogen (secondary N) is 2. The van der Waals surface area contributed by atoms with Gasteiger partial charge in [-0.1, -0.05) is 12.5 Å². The SMILES string of the molecule is CC(=O)NC(Cc1cc(C)c2[nH]ncc2c1)C(=O)N1CCC(N2CCCCC2)CC1. The molecule has 4 rings (SSSR count). The smallest absolute Gasteiger partial charge is 0.245 e. The van der Waals surface area contributed by atoms with Gasteiger partial charge in [0.1, 0.15) is 6.04 Å². The van der Waals surface area contributed by atoms with Crippen molar-refractivity contribution in [3.63, 3.8) is 0 Å². The summed E-state index contributed by atoms with van der Waals surface area (Å²) in [6.07, 6.45) is 8.28. The van der Waals surface area contributed by atoms with E-state index in [1.54, 1.807) is 6.20 Å². The van der Waals surface area contributed by atoms with Gasteiger partial charge in [-0.15, -0.1) is 0 Å². The molecule has 0 aliphatic carbocycles. The molecule has 2 fully saturated rings. The lowest BCUT2D eigenvalue weighted by Gasteiger charge is -2.41. The Hall–Kier alpha value is -2.41. The van der Waals surface area contributed by atoms with Crippen LogP contribution in [0.5, 0.6) is 0 Å². The highest BCUT2D eigenvalue weighted by Crippen LogP contribution is 2.23. The number of likely N-dealkylation sites (tertiary alicyclic amines) is 2. The summed E-state index contributed by atoms with van der Waals surface area (Å²) in [7, 11) is 0. The molecule has 7 nitrogen and oxygen atoms in total. The maximum Gasteiger partial charge on any atom is 0.245 e. The summed E-state index contributed by atoms with van der Waals surface area (Å²) < 4.78 is 0. The third-order valence-corrected chi connectivity index (χ3v) is 6.60. The number of rotatable bonds is 5. The minimum atomic E-state index is -0.530. The van der Waals surface area contributed by atoms with Crippen molar-refractivity contribution in [1.82, 2.24) is 25.3 Å². The normalized spacial score (nSPS) is 19.7. The Balaban J connectivity index is 1.42. The highest BCUT2D eigenvalue weighted by Gasteiger charge is 2.31. The molecule has 1 unspecified atom stereocenters. The lowest BCUT2D eigenvalue weighted by atomic mass is 9.97. The maximum absolute atomic E-state index is 13.3. The highest BCUT2D eigenvalue weighted by atomic mass is 16.2. The second kappa shape index (κ2) is 9.16. The van der Waals surface area contributed by atoms with Crippen LogP contribution < -0.4 is 5.32 Å². The van der Waals surface area contributed by atoms with Crippen LogP contribution in [0.4, 0.5) is 0 Å². The number of fused-ring (bicyclic) bond motifs is 1. The number of amides is 2. The Kier molecular flexibility index (Phi) is 6.37. The van der Waals surface area contributed by atoms with Crippen molar-refractivity contribution < 1.29 is 9.59 Å². The van der Waals surface area contributed by atoms with Crippen molar-refractivity contribution in [2.45, 2.75) is 64.5 Å². The van der Waals surface area contributed by atoms with Crippen LogP contribution in [0.2, 0.25) is 0 Å². The molecule has 2 N–H and O–H groups in total. The van der Waals surface area contributed by atoms with E-state index >= 15 is 0 Å². The van der Waals surface area contributed by atoms with Crippen LogP contribution in [0, 0.1) is 6.92 Å². The number of aryl methyl sites for hydroxylation is 1. The van der Waals surface area contributed by atoms with Gasteiger partial charge in [0.2, 0.25) is 11.8 Å². The predicted octanol–water partition coefficient (Wildman–Crippen LogP) is 2.40. The maximum atomic E-state index is 13.3. The molecule has 0 bridgehead atoms. The average molecular weight is 412 g/mol. The average Bonchev–Trinajstić information content (AvgIpc) is 3.22. The van der Waals surface area contributed by atoms with Crippen LogP contribution in [-0.4, -0.2) is 70.1 Å². The Bertz CT molecular complexity index is 894. The standard InChI is InChI=1S/C23H33N5O2/c1-16-12-18(13-19-15-24-26-22(16)19)14-21(25-17(2)29)23(30)28-10-6-20(7-11-28)27-8-4-3-5-9-27/h12-13,15,20-21H,3-11,14H2,1-2H3,(H,24,26)(H,25,29). The number of carbonyl (C=O) groups excluding carboxylic acids is 2. The summed E-state index contributed by atoms with van der Waals surface area (Å²) in [5.41, 5.74) is 3.15. The summed E-state index contributed by atoms with van der Waals surface area (Å²) >= 11 is 0. The van der Waals surface area contributed by atoms with Crippen LogP contribution in [0.3, 0.4) is 0 Å². The van der Waals surface area contributed by atoms with Gasteiger partial charge in [-0.25, -0.2) is 0 Å². The summed E-state index contributed by atoms with van der Waals surface area (Å²) in [6.45, 7) is 7.45. The van der Waals surface area contributed by atoms with Gasteiger partial charge in [-0.2, -0.15) is 5.10 Å². The van der Waals surface area contributed by atoms with Gasteiger partial charge in [0.15, 0.2) is 0 Å². The van der Waals surface area contributed by atoms with E-state index in [2.05, 4.69) is 32.5 Å². The number of carbonyl (C=O) groups is 2. The van der Waals surface area contributed by atoms with Crippen molar-refractivity contribution in [1.29, 1.82) is 0 Å². The molecule has 0 radical (unpaired) electrons. The van der Waals surface area contributed by atoms with E-state index in [4.69, 9.17) is 0 Å². The minimum Gasteiger partial charge on any atom is -0.344 e. The van der Waals surface area contributed by atoms with Crippen LogP contribution in [-0.2, 0) is 16.0 Å². The lowest BCUT2D eigenvalue weighted by molar-refractivity contribution is -0.137. The molecule has 1 aromatic carbocycles. The molecular weight excluding hydrogens is 378 g/mol. The van der Waals surface area contributed by atoms with Gasteiger partial charge in [-0.05, 0) is 62.9 Å². The number of hydrogen-bond acceptors (Lipinski definition) is 4. The third-order valence-electron chi connectivity index (χ3n) is 6.60. The fraction of sp³-hybridized carbons (Fsp3) is 0.609. The number of H-pyrrole nitrogens is 1. The number of aromatic amines is 1. The lowest BCUT2D eigenvalue weighted by Crippen LogP contribution is -2.54. The monoisotopic (exact) mass is 411 g/mol. The number of aromatic nitrogens is 2. The number of nitrogens with zero attached hydrogens (tertiary/aromatic N) is 3. The van der Waals surface area contributed by atoms with Gasteiger partial charge in [0, 0.05) is 37.9 Å². The summed E-state index contributed by atoms with van der Waals surface area (Å²) in [5.74, 6) is -0.134. The molecule has 2 aliphatic heterocycles. The topological polar surface area (TPSA) is 81.3 Å². The molecule has 2 aliphatic rings. The molecule has 2 aromatic rings. The molecule has 1 aromatic heterocycles. The van der Waals surface area contributed by atoms with E-state index in [0.29, 0.717) is 12.5 Å². The van der Waals surface area contributed by atoms with Gasteiger partial charge in [-0.3, -0.25) is 14.7 Å². The third kappa shape index (κ3) is 4.67. The Morgan fingerprint density at radius 2 is 1.90 bits per heavy atom. The zero-order valence-electron chi connectivity index (χ0n) is 18.1. The van der Waals surface area contributed by atoms with E-state index in [9.17, 15) is 9.59 Å². The minimum absolute atomic E-state index is 0.0345. The van der Waals surface area contributed by atoms with Crippen LogP contribution in [0.1, 0.15) is 50.2 Å². The molecule has 1 atom stereocenters. The van der Waals surface area contributed by atoms with E-state index in [-0.39, 0.29) is 11.8 Å². The molecule has 2 saturated heterocycles. The second-order valence-corrected chi connectivity index (χ2v) is 8.86. The van der Waals surface area contributed by atoms with Crippen molar-refractivity contribution in [2.75, 3.05) is 26.2 Å². The van der Waals surface area contributed by atoms with Crippen molar-refractivity contribution in [3.05, 3.63) is 29.5 Å². The zero-order chi connectivity index (χ0) is 21.1. The zero-order valence-corrected chi connectivity index (χ0v) is 18.1. The number of benzene rings is 1. The Labute approximate surface area is 178 Å². The largest absolute Gasteiger partial charge is 0.344 e. The van der Waals surface area contributed by atoms with Gasteiger partial charge < -0.3 is 15.1 Å². The van der Waals surface area contributed by atoms with E-state index in [1.165, 1.54) is 39.3 Å². The summed E-state index contributed by atoms with van der Waals surface area (Å²) in [4.78, 5) is 29.7. The molecule has 3 heterocycles.